The zero-order chi connectivity index (χ0) is 18.5. The third kappa shape index (κ3) is 4.11. The van der Waals surface area contributed by atoms with Crippen molar-refractivity contribution in [1.82, 2.24) is 24.6 Å². The number of hydrogen-bond acceptors (Lipinski definition) is 5. The van der Waals surface area contributed by atoms with Gasteiger partial charge >= 0.3 is 0 Å². The molecule has 0 fully saturated rings. The van der Waals surface area contributed by atoms with E-state index in [9.17, 15) is 4.79 Å². The molecule has 0 saturated carbocycles. The SMILES string of the molecule is Cc1ccccc1CN(C)C(=O)CSc1nnc(-c2cccnc2)n1C. The van der Waals surface area contributed by atoms with Crippen LogP contribution in [0.15, 0.2) is 53.9 Å². The van der Waals surface area contributed by atoms with Crippen molar-refractivity contribution in [3.05, 3.63) is 59.9 Å². The van der Waals surface area contributed by atoms with Crippen molar-refractivity contribution in [3.63, 3.8) is 0 Å². The van der Waals surface area contributed by atoms with Gasteiger partial charge in [-0.25, -0.2) is 0 Å². The van der Waals surface area contributed by atoms with Crippen molar-refractivity contribution in [2.24, 2.45) is 7.05 Å². The van der Waals surface area contributed by atoms with Gasteiger partial charge in [0.05, 0.1) is 5.75 Å². The van der Waals surface area contributed by atoms with E-state index in [-0.39, 0.29) is 5.91 Å². The van der Waals surface area contributed by atoms with Crippen LogP contribution in [0.2, 0.25) is 0 Å². The molecule has 134 valence electrons. The Balaban J connectivity index is 1.61. The molecule has 6 nitrogen and oxygen atoms in total. The summed E-state index contributed by atoms with van der Waals surface area (Å²) < 4.78 is 1.89. The second kappa shape index (κ2) is 8.14. The first-order chi connectivity index (χ1) is 12.6. The van der Waals surface area contributed by atoms with Crippen molar-refractivity contribution in [3.8, 4) is 11.4 Å². The normalized spacial score (nSPS) is 10.7. The van der Waals surface area contributed by atoms with Gasteiger partial charge < -0.3 is 9.47 Å². The lowest BCUT2D eigenvalue weighted by molar-refractivity contribution is -0.127. The Hall–Kier alpha value is -2.67. The number of rotatable bonds is 6. The Kier molecular flexibility index (Phi) is 5.68. The van der Waals surface area contributed by atoms with Crippen LogP contribution in [-0.2, 0) is 18.4 Å². The van der Waals surface area contributed by atoms with E-state index < -0.39 is 0 Å². The molecule has 0 bridgehead atoms. The molecule has 3 rings (SSSR count). The summed E-state index contributed by atoms with van der Waals surface area (Å²) in [4.78, 5) is 18.3. The molecular weight excluding hydrogens is 346 g/mol. The second-order valence-corrected chi connectivity index (χ2v) is 7.01. The molecule has 7 heteroatoms. The van der Waals surface area contributed by atoms with Gasteiger partial charge in [0.1, 0.15) is 0 Å². The van der Waals surface area contributed by atoms with Gasteiger partial charge in [-0.1, -0.05) is 36.0 Å². The fourth-order valence-electron chi connectivity index (χ4n) is 2.55. The molecular formula is C19H21N5OS. The number of nitrogens with zero attached hydrogens (tertiary/aromatic N) is 5. The minimum absolute atomic E-state index is 0.0594. The van der Waals surface area contributed by atoms with Crippen LogP contribution in [0.5, 0.6) is 0 Å². The van der Waals surface area contributed by atoms with E-state index in [1.54, 1.807) is 17.3 Å². The molecule has 0 N–H and O–H groups in total. The monoisotopic (exact) mass is 367 g/mol. The van der Waals surface area contributed by atoms with Crippen LogP contribution < -0.4 is 0 Å². The van der Waals surface area contributed by atoms with E-state index in [4.69, 9.17) is 0 Å². The molecule has 0 aliphatic heterocycles. The maximum absolute atomic E-state index is 12.5. The quantitative estimate of drug-likeness (QED) is 0.627. The van der Waals surface area contributed by atoms with E-state index in [0.717, 1.165) is 17.0 Å². The van der Waals surface area contributed by atoms with Crippen molar-refractivity contribution < 1.29 is 4.79 Å². The lowest BCUT2D eigenvalue weighted by Gasteiger charge is -2.18. The highest BCUT2D eigenvalue weighted by molar-refractivity contribution is 7.99. The lowest BCUT2D eigenvalue weighted by atomic mass is 10.1. The molecule has 2 heterocycles. The van der Waals surface area contributed by atoms with Crippen LogP contribution in [0, 0.1) is 6.92 Å². The third-order valence-electron chi connectivity index (χ3n) is 4.17. The van der Waals surface area contributed by atoms with E-state index in [2.05, 4.69) is 34.2 Å². The molecule has 3 aromatic rings. The van der Waals surface area contributed by atoms with Gasteiger partial charge in [-0.2, -0.15) is 0 Å². The Morgan fingerprint density at radius 2 is 2.00 bits per heavy atom. The Bertz CT molecular complexity index is 894. The van der Waals surface area contributed by atoms with Gasteiger partial charge in [-0.3, -0.25) is 9.78 Å². The molecule has 26 heavy (non-hydrogen) atoms. The molecule has 1 amide bonds. The summed E-state index contributed by atoms with van der Waals surface area (Å²) in [5.74, 6) is 1.12. The molecule has 0 radical (unpaired) electrons. The third-order valence-corrected chi connectivity index (χ3v) is 5.18. The average molecular weight is 367 g/mol. The van der Waals surface area contributed by atoms with E-state index in [1.165, 1.54) is 17.3 Å². The molecule has 0 aliphatic rings. The average Bonchev–Trinajstić information content (AvgIpc) is 3.03. The highest BCUT2D eigenvalue weighted by Crippen LogP contribution is 2.22. The summed E-state index contributed by atoms with van der Waals surface area (Å²) in [5.41, 5.74) is 3.25. The van der Waals surface area contributed by atoms with Crippen LogP contribution in [0.3, 0.4) is 0 Å². The molecule has 0 unspecified atom stereocenters. The highest BCUT2D eigenvalue weighted by Gasteiger charge is 2.15. The fourth-order valence-corrected chi connectivity index (χ4v) is 3.41. The smallest absolute Gasteiger partial charge is 0.233 e. The standard InChI is InChI=1S/C19H21N5OS/c1-14-7-4-5-8-16(14)12-23(2)17(25)13-26-19-22-21-18(24(19)3)15-9-6-10-20-11-15/h4-11H,12-13H2,1-3H3. The van der Waals surface area contributed by atoms with Gasteiger partial charge in [0.15, 0.2) is 11.0 Å². The number of carbonyl (C=O) groups excluding carboxylic acids is 1. The van der Waals surface area contributed by atoms with E-state index >= 15 is 0 Å². The first-order valence-corrected chi connectivity index (χ1v) is 9.26. The van der Waals surface area contributed by atoms with Gasteiger partial charge in [-0.15, -0.1) is 10.2 Å². The maximum Gasteiger partial charge on any atom is 0.233 e. The number of aryl methyl sites for hydroxylation is 1. The molecule has 2 aromatic heterocycles. The number of aromatic nitrogens is 4. The summed E-state index contributed by atoms with van der Waals surface area (Å²) in [6.45, 7) is 2.66. The summed E-state index contributed by atoms with van der Waals surface area (Å²) in [6, 6.07) is 11.9. The first kappa shape index (κ1) is 18.1. The van der Waals surface area contributed by atoms with Gasteiger partial charge in [0.2, 0.25) is 5.91 Å². The molecule has 0 saturated heterocycles. The zero-order valence-electron chi connectivity index (χ0n) is 15.1. The van der Waals surface area contributed by atoms with Crippen molar-refractivity contribution in [1.29, 1.82) is 0 Å². The van der Waals surface area contributed by atoms with Crippen molar-refractivity contribution in [2.75, 3.05) is 12.8 Å². The minimum Gasteiger partial charge on any atom is -0.341 e. The van der Waals surface area contributed by atoms with E-state index in [0.29, 0.717) is 17.5 Å². The largest absolute Gasteiger partial charge is 0.341 e. The summed E-state index contributed by atoms with van der Waals surface area (Å²) in [6.07, 6.45) is 3.47. The van der Waals surface area contributed by atoms with E-state index in [1.807, 2.05) is 42.9 Å². The zero-order valence-corrected chi connectivity index (χ0v) is 15.9. The number of thioether (sulfide) groups is 1. The topological polar surface area (TPSA) is 63.9 Å². The number of benzene rings is 1. The highest BCUT2D eigenvalue weighted by atomic mass is 32.2. The van der Waals surface area contributed by atoms with Crippen molar-refractivity contribution in [2.45, 2.75) is 18.6 Å². The summed E-state index contributed by atoms with van der Waals surface area (Å²) in [5, 5.41) is 9.12. The summed E-state index contributed by atoms with van der Waals surface area (Å²) >= 11 is 1.39. The predicted octanol–water partition coefficient (Wildman–Crippen LogP) is 2.94. The van der Waals surface area contributed by atoms with Crippen LogP contribution in [0.1, 0.15) is 11.1 Å². The van der Waals surface area contributed by atoms with Crippen LogP contribution in [-0.4, -0.2) is 43.4 Å². The number of carbonyl (C=O) groups is 1. The van der Waals surface area contributed by atoms with Crippen LogP contribution in [0.4, 0.5) is 0 Å². The maximum atomic E-state index is 12.5. The minimum atomic E-state index is 0.0594. The van der Waals surface area contributed by atoms with Crippen molar-refractivity contribution >= 4 is 17.7 Å². The first-order valence-electron chi connectivity index (χ1n) is 8.27. The molecule has 0 atom stereocenters. The molecule has 1 aromatic carbocycles. The lowest BCUT2D eigenvalue weighted by Crippen LogP contribution is -2.28. The summed E-state index contributed by atoms with van der Waals surface area (Å²) in [7, 11) is 3.72. The molecule has 0 aliphatic carbocycles. The van der Waals surface area contributed by atoms with Crippen LogP contribution >= 0.6 is 11.8 Å². The fraction of sp³-hybridized carbons (Fsp3) is 0.263. The van der Waals surface area contributed by atoms with Gasteiger partial charge in [0, 0.05) is 38.6 Å². The number of pyridine rings is 1. The van der Waals surface area contributed by atoms with Gasteiger partial charge in [0.25, 0.3) is 0 Å². The number of amides is 1. The molecule has 0 spiro atoms. The Morgan fingerprint density at radius 3 is 2.73 bits per heavy atom. The van der Waals surface area contributed by atoms with Crippen LogP contribution in [0.25, 0.3) is 11.4 Å². The Labute approximate surface area is 157 Å². The number of hydrogen-bond donors (Lipinski definition) is 0. The van der Waals surface area contributed by atoms with Gasteiger partial charge in [-0.05, 0) is 30.2 Å². The second-order valence-electron chi connectivity index (χ2n) is 6.07. The predicted molar refractivity (Wildman–Crippen MR) is 103 cm³/mol. The Morgan fingerprint density at radius 1 is 1.19 bits per heavy atom.